The predicted octanol–water partition coefficient (Wildman–Crippen LogP) is 3.25. The van der Waals surface area contributed by atoms with E-state index in [2.05, 4.69) is 35.3 Å². The zero-order valence-corrected chi connectivity index (χ0v) is 11.4. The van der Waals surface area contributed by atoms with Crippen LogP contribution >= 0.6 is 0 Å². The highest BCUT2D eigenvalue weighted by Crippen LogP contribution is 2.28. The van der Waals surface area contributed by atoms with E-state index in [0.717, 1.165) is 33.2 Å². The number of rotatable bonds is 2. The Morgan fingerprint density at radius 2 is 1.85 bits per heavy atom. The zero-order chi connectivity index (χ0) is 14.1. The van der Waals surface area contributed by atoms with Gasteiger partial charge >= 0.3 is 0 Å². The predicted molar refractivity (Wildman–Crippen MR) is 84.2 cm³/mol. The number of nitrogens with two attached hydrogens (primary N) is 2. The summed E-state index contributed by atoms with van der Waals surface area (Å²) in [6, 6.07) is 16.4. The summed E-state index contributed by atoms with van der Waals surface area (Å²) in [5.41, 5.74) is 17.1. The molecule has 4 N–H and O–H groups in total. The Balaban J connectivity index is 2.23. The lowest BCUT2D eigenvalue weighted by Gasteiger charge is -2.10. The number of pyridine rings is 1. The molecule has 100 valence electrons. The highest BCUT2D eigenvalue weighted by Gasteiger charge is 2.06. The van der Waals surface area contributed by atoms with Crippen LogP contribution in [0.1, 0.15) is 11.1 Å². The number of benzene rings is 2. The van der Waals surface area contributed by atoms with Crippen LogP contribution in [-0.4, -0.2) is 4.98 Å². The Hall–Kier alpha value is -2.39. The van der Waals surface area contributed by atoms with E-state index in [4.69, 9.17) is 11.5 Å². The molecule has 0 fully saturated rings. The average molecular weight is 263 g/mol. The SMILES string of the molecule is Cc1cc(N)nc2cc(-c3ccccc3CN)ccc12. The number of anilines is 1. The number of fused-ring (bicyclic) bond motifs is 1. The molecule has 0 spiro atoms. The second-order valence-corrected chi connectivity index (χ2v) is 4.96. The van der Waals surface area contributed by atoms with E-state index in [1.807, 2.05) is 25.1 Å². The molecular weight excluding hydrogens is 246 g/mol. The van der Waals surface area contributed by atoms with Gasteiger partial charge in [-0.3, -0.25) is 0 Å². The standard InChI is InChI=1S/C17H17N3/c1-11-8-17(19)20-16-9-12(6-7-14(11)16)15-5-3-2-4-13(15)10-18/h2-9H,10,18H2,1H3,(H2,19,20). The van der Waals surface area contributed by atoms with Crippen LogP contribution in [-0.2, 0) is 6.54 Å². The topological polar surface area (TPSA) is 64.9 Å². The van der Waals surface area contributed by atoms with Crippen LogP contribution in [0.2, 0.25) is 0 Å². The summed E-state index contributed by atoms with van der Waals surface area (Å²) in [6.07, 6.45) is 0. The fourth-order valence-corrected chi connectivity index (χ4v) is 2.58. The lowest BCUT2D eigenvalue weighted by Crippen LogP contribution is -1.99. The van der Waals surface area contributed by atoms with Crippen molar-refractivity contribution < 1.29 is 0 Å². The number of aryl methyl sites for hydroxylation is 1. The Kier molecular flexibility index (Phi) is 3.12. The molecule has 1 aromatic heterocycles. The molecule has 3 aromatic rings. The Morgan fingerprint density at radius 1 is 1.05 bits per heavy atom. The first-order chi connectivity index (χ1) is 9.69. The highest BCUT2D eigenvalue weighted by atomic mass is 14.8. The summed E-state index contributed by atoms with van der Waals surface area (Å²) in [6.45, 7) is 2.57. The highest BCUT2D eigenvalue weighted by molar-refractivity contribution is 5.88. The molecule has 0 saturated heterocycles. The van der Waals surface area contributed by atoms with Crippen LogP contribution in [0.5, 0.6) is 0 Å². The maximum absolute atomic E-state index is 5.84. The molecule has 3 nitrogen and oxygen atoms in total. The van der Waals surface area contributed by atoms with Crippen molar-refractivity contribution in [1.82, 2.24) is 4.98 Å². The van der Waals surface area contributed by atoms with Gasteiger partial charge in [0, 0.05) is 11.9 Å². The third-order valence-electron chi connectivity index (χ3n) is 3.58. The van der Waals surface area contributed by atoms with Crippen LogP contribution in [0.3, 0.4) is 0 Å². The van der Waals surface area contributed by atoms with Crippen LogP contribution in [0.4, 0.5) is 5.82 Å². The molecular formula is C17H17N3. The van der Waals surface area contributed by atoms with E-state index in [1.165, 1.54) is 0 Å². The Labute approximate surface area is 118 Å². The molecule has 0 aliphatic rings. The molecule has 0 aliphatic carbocycles. The fraction of sp³-hybridized carbons (Fsp3) is 0.118. The minimum Gasteiger partial charge on any atom is -0.384 e. The normalized spacial score (nSPS) is 10.9. The number of hydrogen-bond donors (Lipinski definition) is 2. The number of nitrogens with zero attached hydrogens (tertiary/aromatic N) is 1. The van der Waals surface area contributed by atoms with Gasteiger partial charge < -0.3 is 11.5 Å². The summed E-state index contributed by atoms with van der Waals surface area (Å²) < 4.78 is 0. The third-order valence-corrected chi connectivity index (χ3v) is 3.58. The second-order valence-electron chi connectivity index (χ2n) is 4.96. The molecule has 1 heterocycles. The van der Waals surface area contributed by atoms with Gasteiger partial charge in [-0.1, -0.05) is 36.4 Å². The summed E-state index contributed by atoms with van der Waals surface area (Å²) >= 11 is 0. The van der Waals surface area contributed by atoms with Gasteiger partial charge in [-0.05, 0) is 41.3 Å². The second kappa shape index (κ2) is 4.94. The van der Waals surface area contributed by atoms with Gasteiger partial charge in [0.05, 0.1) is 5.52 Å². The molecule has 3 heteroatoms. The van der Waals surface area contributed by atoms with Gasteiger partial charge in [-0.25, -0.2) is 4.98 Å². The maximum Gasteiger partial charge on any atom is 0.124 e. The molecule has 0 saturated carbocycles. The molecule has 0 aliphatic heterocycles. The first-order valence-electron chi connectivity index (χ1n) is 6.64. The van der Waals surface area contributed by atoms with Crippen LogP contribution in [0, 0.1) is 6.92 Å². The van der Waals surface area contributed by atoms with Crippen molar-refractivity contribution in [1.29, 1.82) is 0 Å². The number of nitrogen functional groups attached to an aromatic ring is 1. The van der Waals surface area contributed by atoms with Gasteiger partial charge in [0.25, 0.3) is 0 Å². The first-order valence-corrected chi connectivity index (χ1v) is 6.64. The quantitative estimate of drug-likeness (QED) is 0.746. The van der Waals surface area contributed by atoms with Gasteiger partial charge in [-0.2, -0.15) is 0 Å². The van der Waals surface area contributed by atoms with E-state index in [1.54, 1.807) is 0 Å². The first kappa shape index (κ1) is 12.6. The van der Waals surface area contributed by atoms with E-state index >= 15 is 0 Å². The van der Waals surface area contributed by atoms with Gasteiger partial charge in [0.1, 0.15) is 5.82 Å². The zero-order valence-electron chi connectivity index (χ0n) is 11.4. The van der Waals surface area contributed by atoms with Gasteiger partial charge in [-0.15, -0.1) is 0 Å². The smallest absolute Gasteiger partial charge is 0.124 e. The lowest BCUT2D eigenvalue weighted by atomic mass is 9.97. The van der Waals surface area contributed by atoms with Gasteiger partial charge in [0.15, 0.2) is 0 Å². The molecule has 3 rings (SSSR count). The van der Waals surface area contributed by atoms with Crippen molar-refractivity contribution >= 4 is 16.7 Å². The van der Waals surface area contributed by atoms with Crippen LogP contribution in [0.25, 0.3) is 22.0 Å². The third kappa shape index (κ3) is 2.12. The van der Waals surface area contributed by atoms with E-state index < -0.39 is 0 Å². The van der Waals surface area contributed by atoms with Crippen molar-refractivity contribution in [3.63, 3.8) is 0 Å². The maximum atomic E-state index is 5.84. The van der Waals surface area contributed by atoms with Crippen molar-refractivity contribution in [3.05, 3.63) is 59.7 Å². The van der Waals surface area contributed by atoms with E-state index in [0.29, 0.717) is 12.4 Å². The molecule has 20 heavy (non-hydrogen) atoms. The summed E-state index contributed by atoms with van der Waals surface area (Å²) in [4.78, 5) is 4.42. The number of hydrogen-bond acceptors (Lipinski definition) is 3. The van der Waals surface area contributed by atoms with Crippen LogP contribution < -0.4 is 11.5 Å². The minimum atomic E-state index is 0.525. The molecule has 0 radical (unpaired) electrons. The summed E-state index contributed by atoms with van der Waals surface area (Å²) in [5.74, 6) is 0.555. The largest absolute Gasteiger partial charge is 0.384 e. The van der Waals surface area contributed by atoms with Crippen molar-refractivity contribution in [2.45, 2.75) is 13.5 Å². The Bertz CT molecular complexity index is 778. The monoisotopic (exact) mass is 263 g/mol. The van der Waals surface area contributed by atoms with E-state index in [9.17, 15) is 0 Å². The molecule has 0 bridgehead atoms. The average Bonchev–Trinajstić information content (AvgIpc) is 2.46. The van der Waals surface area contributed by atoms with E-state index in [-0.39, 0.29) is 0 Å². The summed E-state index contributed by atoms with van der Waals surface area (Å²) in [7, 11) is 0. The number of aromatic nitrogens is 1. The summed E-state index contributed by atoms with van der Waals surface area (Å²) in [5, 5.41) is 1.13. The molecule has 0 unspecified atom stereocenters. The van der Waals surface area contributed by atoms with Crippen molar-refractivity contribution in [2.75, 3.05) is 5.73 Å². The lowest BCUT2D eigenvalue weighted by molar-refractivity contribution is 1.07. The molecule has 0 amide bonds. The minimum absolute atomic E-state index is 0.525. The molecule has 0 atom stereocenters. The van der Waals surface area contributed by atoms with Crippen LogP contribution in [0.15, 0.2) is 48.5 Å². The van der Waals surface area contributed by atoms with Crippen molar-refractivity contribution in [3.8, 4) is 11.1 Å². The van der Waals surface area contributed by atoms with Crippen molar-refractivity contribution in [2.24, 2.45) is 5.73 Å². The van der Waals surface area contributed by atoms with Gasteiger partial charge in [0.2, 0.25) is 0 Å². The molecule has 2 aromatic carbocycles. The Morgan fingerprint density at radius 3 is 2.65 bits per heavy atom. The fourth-order valence-electron chi connectivity index (χ4n) is 2.58.